The van der Waals surface area contributed by atoms with Crippen molar-refractivity contribution in [3.05, 3.63) is 35.4 Å². The van der Waals surface area contributed by atoms with E-state index in [-0.39, 0.29) is 11.0 Å². The van der Waals surface area contributed by atoms with Gasteiger partial charge in [-0.3, -0.25) is 4.99 Å². The topological polar surface area (TPSA) is 12.4 Å². The average molecular weight is 292 g/mol. The maximum atomic E-state index is 4.83. The largest absolute Gasteiger partial charge is 0.282 e. The lowest BCUT2D eigenvalue weighted by Crippen LogP contribution is -2.45. The highest BCUT2D eigenvalue weighted by atomic mass is 14.9. The number of fused-ring (bicyclic) bond motifs is 1. The van der Waals surface area contributed by atoms with Crippen LogP contribution in [0.1, 0.15) is 87.3 Å². The molecule has 1 aromatic rings. The SMILES string of the molecule is CC.CC.CC.CC1=NC(C)(C)C(C)(C)c2ccccc21. The molecule has 0 unspecified atom stereocenters. The van der Waals surface area contributed by atoms with Crippen LogP contribution in [-0.2, 0) is 5.41 Å². The molecule has 21 heavy (non-hydrogen) atoms. The summed E-state index contributed by atoms with van der Waals surface area (Å²) in [4.78, 5) is 4.83. The molecule has 0 fully saturated rings. The van der Waals surface area contributed by atoms with Crippen LogP contribution in [0.5, 0.6) is 0 Å². The van der Waals surface area contributed by atoms with Crippen LogP contribution in [0.3, 0.4) is 0 Å². The predicted molar refractivity (Wildman–Crippen MR) is 99.8 cm³/mol. The molecular weight excluding hydrogens is 254 g/mol. The summed E-state index contributed by atoms with van der Waals surface area (Å²) in [6.45, 7) is 23.1. The van der Waals surface area contributed by atoms with Gasteiger partial charge in [-0.15, -0.1) is 0 Å². The Morgan fingerprint density at radius 3 is 1.67 bits per heavy atom. The molecule has 2 rings (SSSR count). The Kier molecular flexibility index (Phi) is 10.3. The number of hydrogen-bond donors (Lipinski definition) is 0. The van der Waals surface area contributed by atoms with Gasteiger partial charge in [0.2, 0.25) is 0 Å². The van der Waals surface area contributed by atoms with Crippen LogP contribution < -0.4 is 0 Å². The zero-order valence-corrected chi connectivity index (χ0v) is 16.3. The number of hydrogen-bond acceptors (Lipinski definition) is 1. The van der Waals surface area contributed by atoms with Crippen LogP contribution in [0.15, 0.2) is 29.3 Å². The van der Waals surface area contributed by atoms with E-state index >= 15 is 0 Å². The predicted octanol–water partition coefficient (Wildman–Crippen LogP) is 6.64. The van der Waals surface area contributed by atoms with Gasteiger partial charge < -0.3 is 0 Å². The van der Waals surface area contributed by atoms with Gasteiger partial charge >= 0.3 is 0 Å². The van der Waals surface area contributed by atoms with Crippen molar-refractivity contribution in [3.63, 3.8) is 0 Å². The summed E-state index contributed by atoms with van der Waals surface area (Å²) in [5.74, 6) is 0. The summed E-state index contributed by atoms with van der Waals surface area (Å²) in [5.41, 5.74) is 3.97. The Hall–Kier alpha value is -1.11. The van der Waals surface area contributed by atoms with Gasteiger partial charge in [-0.2, -0.15) is 0 Å². The van der Waals surface area contributed by atoms with Gasteiger partial charge in [0.25, 0.3) is 0 Å². The van der Waals surface area contributed by atoms with Crippen molar-refractivity contribution in [2.75, 3.05) is 0 Å². The first-order valence-corrected chi connectivity index (χ1v) is 8.52. The van der Waals surface area contributed by atoms with Crippen molar-refractivity contribution >= 4 is 5.71 Å². The lowest BCUT2D eigenvalue weighted by Gasteiger charge is -2.44. The Morgan fingerprint density at radius 2 is 1.19 bits per heavy atom. The summed E-state index contributed by atoms with van der Waals surface area (Å²) in [6, 6.07) is 8.61. The molecule has 1 aliphatic rings. The van der Waals surface area contributed by atoms with Gasteiger partial charge in [-0.25, -0.2) is 0 Å². The van der Waals surface area contributed by atoms with E-state index in [1.807, 2.05) is 41.5 Å². The smallest absolute Gasteiger partial charge is 0.0646 e. The molecule has 1 aliphatic heterocycles. The van der Waals surface area contributed by atoms with E-state index in [2.05, 4.69) is 58.9 Å². The molecule has 0 spiro atoms. The van der Waals surface area contributed by atoms with Crippen molar-refractivity contribution < 1.29 is 0 Å². The molecule has 0 saturated carbocycles. The quantitative estimate of drug-likeness (QED) is 0.508. The molecule has 1 heteroatoms. The first-order chi connectivity index (χ1) is 9.86. The Morgan fingerprint density at radius 1 is 0.762 bits per heavy atom. The zero-order valence-electron chi connectivity index (χ0n) is 16.3. The molecule has 0 bridgehead atoms. The highest BCUT2D eigenvalue weighted by molar-refractivity contribution is 6.01. The summed E-state index contributed by atoms with van der Waals surface area (Å²) >= 11 is 0. The molecule has 122 valence electrons. The van der Waals surface area contributed by atoms with Gasteiger partial charge in [0.15, 0.2) is 0 Å². The van der Waals surface area contributed by atoms with Gasteiger partial charge in [0.1, 0.15) is 0 Å². The van der Waals surface area contributed by atoms with Crippen LogP contribution in [0, 0.1) is 0 Å². The second-order valence-corrected chi connectivity index (χ2v) is 5.43. The second kappa shape index (κ2) is 9.76. The Labute approximate surface area is 133 Å². The molecule has 0 saturated heterocycles. The maximum absolute atomic E-state index is 4.83. The fourth-order valence-electron chi connectivity index (χ4n) is 2.29. The van der Waals surface area contributed by atoms with Crippen molar-refractivity contribution in [3.8, 4) is 0 Å². The van der Waals surface area contributed by atoms with Crippen molar-refractivity contribution in [1.82, 2.24) is 0 Å². The molecule has 0 N–H and O–H groups in total. The molecule has 1 heterocycles. The zero-order chi connectivity index (χ0) is 17.3. The third kappa shape index (κ3) is 4.69. The standard InChI is InChI=1S/C14H19N.3C2H6/c1-10-11-8-6-7-9-12(11)13(2,3)14(4,5)15-10;3*1-2/h6-9H,1-5H3;3*1-2H3. The van der Waals surface area contributed by atoms with Crippen LogP contribution in [0.4, 0.5) is 0 Å². The van der Waals surface area contributed by atoms with E-state index in [1.54, 1.807) is 0 Å². The molecule has 1 aromatic carbocycles. The van der Waals surface area contributed by atoms with E-state index in [1.165, 1.54) is 11.1 Å². The number of rotatable bonds is 0. The minimum Gasteiger partial charge on any atom is -0.282 e. The first-order valence-electron chi connectivity index (χ1n) is 8.52. The third-order valence-electron chi connectivity index (χ3n) is 3.97. The van der Waals surface area contributed by atoms with Crippen LogP contribution >= 0.6 is 0 Å². The summed E-state index contributed by atoms with van der Waals surface area (Å²) in [6.07, 6.45) is 0. The van der Waals surface area contributed by atoms with E-state index in [0.717, 1.165) is 5.71 Å². The molecule has 0 atom stereocenters. The first kappa shape index (κ1) is 22.2. The fraction of sp³-hybridized carbons (Fsp3) is 0.650. The molecule has 0 radical (unpaired) electrons. The van der Waals surface area contributed by atoms with Gasteiger partial charge in [-0.1, -0.05) is 79.7 Å². The average Bonchev–Trinajstić information content (AvgIpc) is 2.51. The Bertz CT molecular complexity index is 425. The highest BCUT2D eigenvalue weighted by Gasteiger charge is 2.42. The van der Waals surface area contributed by atoms with Crippen molar-refractivity contribution in [1.29, 1.82) is 0 Å². The molecule has 0 aromatic heterocycles. The fourth-order valence-corrected chi connectivity index (χ4v) is 2.29. The van der Waals surface area contributed by atoms with E-state index in [9.17, 15) is 0 Å². The van der Waals surface area contributed by atoms with Gasteiger partial charge in [-0.05, 0) is 31.9 Å². The second-order valence-electron chi connectivity index (χ2n) is 5.43. The maximum Gasteiger partial charge on any atom is 0.0646 e. The van der Waals surface area contributed by atoms with E-state index < -0.39 is 0 Å². The van der Waals surface area contributed by atoms with Gasteiger partial charge in [0, 0.05) is 11.1 Å². The lowest BCUT2D eigenvalue weighted by atomic mass is 9.66. The van der Waals surface area contributed by atoms with Crippen LogP contribution in [-0.4, -0.2) is 11.3 Å². The third-order valence-corrected chi connectivity index (χ3v) is 3.97. The molecular formula is C20H37N. The molecule has 0 aliphatic carbocycles. The van der Waals surface area contributed by atoms with Crippen molar-refractivity contribution in [2.24, 2.45) is 4.99 Å². The minimum absolute atomic E-state index is 0.0224. The van der Waals surface area contributed by atoms with E-state index in [0.29, 0.717) is 0 Å². The lowest BCUT2D eigenvalue weighted by molar-refractivity contribution is 0.303. The molecule has 1 nitrogen and oxygen atoms in total. The van der Waals surface area contributed by atoms with Crippen LogP contribution in [0.25, 0.3) is 0 Å². The molecule has 0 amide bonds. The summed E-state index contributed by atoms with van der Waals surface area (Å²) < 4.78 is 0. The minimum atomic E-state index is -0.0224. The highest BCUT2D eigenvalue weighted by Crippen LogP contribution is 2.42. The number of nitrogens with zero attached hydrogens (tertiary/aromatic N) is 1. The summed E-state index contributed by atoms with van der Waals surface area (Å²) in [7, 11) is 0. The monoisotopic (exact) mass is 291 g/mol. The normalized spacial score (nSPS) is 16.4. The van der Waals surface area contributed by atoms with E-state index in [4.69, 9.17) is 4.99 Å². The number of aliphatic imine (C=N–C) groups is 1. The number of benzene rings is 1. The Balaban J connectivity index is 0. The van der Waals surface area contributed by atoms with Crippen LogP contribution in [0.2, 0.25) is 0 Å². The van der Waals surface area contributed by atoms with Gasteiger partial charge in [0.05, 0.1) is 5.54 Å². The summed E-state index contributed by atoms with van der Waals surface area (Å²) in [5, 5.41) is 0. The van der Waals surface area contributed by atoms with Crippen molar-refractivity contribution in [2.45, 2.75) is 87.1 Å².